The van der Waals surface area contributed by atoms with Crippen molar-refractivity contribution in [2.75, 3.05) is 13.1 Å². The van der Waals surface area contributed by atoms with Gasteiger partial charge in [0.05, 0.1) is 17.2 Å². The highest BCUT2D eigenvalue weighted by atomic mass is 35.5. The van der Waals surface area contributed by atoms with Crippen molar-refractivity contribution in [3.8, 4) is 0 Å². The first kappa shape index (κ1) is 17.5. The van der Waals surface area contributed by atoms with Crippen LogP contribution in [0.4, 0.5) is 0 Å². The molecule has 2 aromatic rings. The van der Waals surface area contributed by atoms with E-state index in [0.29, 0.717) is 23.7 Å². The van der Waals surface area contributed by atoms with E-state index in [-0.39, 0.29) is 18.6 Å². The summed E-state index contributed by atoms with van der Waals surface area (Å²) in [5, 5.41) is 15.8. The highest BCUT2D eigenvalue weighted by Crippen LogP contribution is 2.15. The molecule has 0 fully saturated rings. The largest absolute Gasteiger partial charge is 0.392 e. The van der Waals surface area contributed by atoms with Crippen molar-refractivity contribution in [3.63, 3.8) is 0 Å². The van der Waals surface area contributed by atoms with Gasteiger partial charge in [-0.1, -0.05) is 48.0 Å². The highest BCUT2D eigenvalue weighted by Gasteiger charge is 2.09. The minimum Gasteiger partial charge on any atom is -0.392 e. The Morgan fingerprint density at radius 3 is 2.70 bits per heavy atom. The summed E-state index contributed by atoms with van der Waals surface area (Å²) in [6, 6.07) is 14.9. The van der Waals surface area contributed by atoms with Crippen molar-refractivity contribution in [2.45, 2.75) is 19.6 Å². The smallest absolute Gasteiger partial charge is 0.252 e. The second kappa shape index (κ2) is 8.67. The lowest BCUT2D eigenvalue weighted by Gasteiger charge is -2.15. The van der Waals surface area contributed by atoms with Crippen LogP contribution in [-0.2, 0) is 6.61 Å². The van der Waals surface area contributed by atoms with Gasteiger partial charge in [0, 0.05) is 19.1 Å². The standard InChI is InChI=1S/C18H21ClN2O2/c1-13(15-6-4-5-14(11-15)12-22)20-9-10-21-18(23)16-7-2-3-8-17(16)19/h2-8,11,13,20,22H,9-10,12H2,1H3,(H,21,23). The molecule has 0 aliphatic carbocycles. The SMILES string of the molecule is CC(NCCNC(=O)c1ccccc1Cl)c1cccc(CO)c1. The van der Waals surface area contributed by atoms with Crippen molar-refractivity contribution in [1.82, 2.24) is 10.6 Å². The number of carbonyl (C=O) groups excluding carboxylic acids is 1. The number of carbonyl (C=O) groups is 1. The molecule has 122 valence electrons. The van der Waals surface area contributed by atoms with Crippen LogP contribution in [0.2, 0.25) is 5.02 Å². The first-order chi connectivity index (χ1) is 11.1. The predicted octanol–water partition coefficient (Wildman–Crippen LogP) is 2.91. The molecule has 0 saturated carbocycles. The number of amides is 1. The molecule has 0 bridgehead atoms. The van der Waals surface area contributed by atoms with E-state index < -0.39 is 0 Å². The molecule has 0 radical (unpaired) electrons. The maximum atomic E-state index is 12.0. The van der Waals surface area contributed by atoms with Gasteiger partial charge in [-0.05, 0) is 30.2 Å². The van der Waals surface area contributed by atoms with Gasteiger partial charge in [-0.2, -0.15) is 0 Å². The summed E-state index contributed by atoms with van der Waals surface area (Å²) in [6.45, 7) is 3.23. The Balaban J connectivity index is 1.78. The molecule has 0 saturated heterocycles. The van der Waals surface area contributed by atoms with Gasteiger partial charge in [0.2, 0.25) is 0 Å². The molecular weight excluding hydrogens is 312 g/mol. The third kappa shape index (κ3) is 5.06. The van der Waals surface area contributed by atoms with Gasteiger partial charge >= 0.3 is 0 Å². The number of nitrogens with one attached hydrogen (secondary N) is 2. The van der Waals surface area contributed by atoms with Gasteiger partial charge in [0.15, 0.2) is 0 Å². The molecule has 2 aromatic carbocycles. The Kier molecular flexibility index (Phi) is 6.59. The average Bonchev–Trinajstić information content (AvgIpc) is 2.58. The van der Waals surface area contributed by atoms with Gasteiger partial charge in [-0.3, -0.25) is 4.79 Å². The Bertz CT molecular complexity index is 661. The van der Waals surface area contributed by atoms with Crippen molar-refractivity contribution >= 4 is 17.5 Å². The van der Waals surface area contributed by atoms with Crippen LogP contribution in [0.1, 0.15) is 34.5 Å². The number of hydrogen-bond donors (Lipinski definition) is 3. The Morgan fingerprint density at radius 1 is 1.17 bits per heavy atom. The monoisotopic (exact) mass is 332 g/mol. The van der Waals surface area contributed by atoms with Crippen LogP contribution < -0.4 is 10.6 Å². The Hall–Kier alpha value is -1.88. The fourth-order valence-corrected chi connectivity index (χ4v) is 2.51. The lowest BCUT2D eigenvalue weighted by Crippen LogP contribution is -2.33. The molecule has 1 atom stereocenters. The lowest BCUT2D eigenvalue weighted by atomic mass is 10.1. The van der Waals surface area contributed by atoms with E-state index in [1.165, 1.54) is 0 Å². The van der Waals surface area contributed by atoms with Gasteiger partial charge in [-0.15, -0.1) is 0 Å². The third-order valence-electron chi connectivity index (χ3n) is 3.61. The highest BCUT2D eigenvalue weighted by molar-refractivity contribution is 6.33. The fourth-order valence-electron chi connectivity index (χ4n) is 2.28. The zero-order valence-electron chi connectivity index (χ0n) is 13.1. The minimum atomic E-state index is -0.174. The summed E-state index contributed by atoms with van der Waals surface area (Å²) in [5.74, 6) is -0.174. The summed E-state index contributed by atoms with van der Waals surface area (Å²) >= 11 is 5.99. The molecule has 1 amide bonds. The van der Waals surface area contributed by atoms with E-state index in [0.717, 1.165) is 11.1 Å². The molecule has 5 heteroatoms. The van der Waals surface area contributed by atoms with E-state index in [9.17, 15) is 9.90 Å². The van der Waals surface area contributed by atoms with Gasteiger partial charge < -0.3 is 15.7 Å². The molecule has 2 rings (SSSR count). The van der Waals surface area contributed by atoms with Crippen LogP contribution in [0.3, 0.4) is 0 Å². The zero-order valence-corrected chi connectivity index (χ0v) is 13.8. The third-order valence-corrected chi connectivity index (χ3v) is 3.94. The average molecular weight is 333 g/mol. The van der Waals surface area contributed by atoms with Crippen LogP contribution in [-0.4, -0.2) is 24.1 Å². The van der Waals surface area contributed by atoms with Crippen molar-refractivity contribution in [3.05, 3.63) is 70.2 Å². The number of aliphatic hydroxyl groups excluding tert-OH is 1. The second-order valence-electron chi connectivity index (χ2n) is 5.31. The summed E-state index contributed by atoms with van der Waals surface area (Å²) < 4.78 is 0. The van der Waals surface area contributed by atoms with E-state index in [4.69, 9.17) is 11.6 Å². The molecule has 0 heterocycles. The summed E-state index contributed by atoms with van der Waals surface area (Å²) in [5.41, 5.74) is 2.48. The molecule has 0 spiro atoms. The predicted molar refractivity (Wildman–Crippen MR) is 92.6 cm³/mol. The number of hydrogen-bond acceptors (Lipinski definition) is 3. The number of aliphatic hydroxyl groups is 1. The van der Waals surface area contributed by atoms with Gasteiger partial charge in [0.25, 0.3) is 5.91 Å². The first-order valence-electron chi connectivity index (χ1n) is 7.57. The molecule has 23 heavy (non-hydrogen) atoms. The molecule has 3 N–H and O–H groups in total. The van der Waals surface area contributed by atoms with Crippen molar-refractivity contribution in [2.24, 2.45) is 0 Å². The van der Waals surface area contributed by atoms with Crippen LogP contribution >= 0.6 is 11.6 Å². The quantitative estimate of drug-likeness (QED) is 0.683. The number of halogens is 1. The van der Waals surface area contributed by atoms with Crippen molar-refractivity contribution < 1.29 is 9.90 Å². The van der Waals surface area contributed by atoms with E-state index in [1.54, 1.807) is 24.3 Å². The fraction of sp³-hybridized carbons (Fsp3) is 0.278. The zero-order chi connectivity index (χ0) is 16.7. The van der Waals surface area contributed by atoms with Gasteiger partial charge in [0.1, 0.15) is 0 Å². The van der Waals surface area contributed by atoms with Crippen molar-refractivity contribution in [1.29, 1.82) is 0 Å². The van der Waals surface area contributed by atoms with E-state index >= 15 is 0 Å². The summed E-state index contributed by atoms with van der Waals surface area (Å²) in [6.07, 6.45) is 0. The first-order valence-corrected chi connectivity index (χ1v) is 7.95. The van der Waals surface area contributed by atoms with Crippen LogP contribution in [0.25, 0.3) is 0 Å². The van der Waals surface area contributed by atoms with Crippen LogP contribution in [0, 0.1) is 0 Å². The molecular formula is C18H21ClN2O2. The molecule has 1 unspecified atom stereocenters. The van der Waals surface area contributed by atoms with Crippen LogP contribution in [0.15, 0.2) is 48.5 Å². The maximum Gasteiger partial charge on any atom is 0.252 e. The normalized spacial score (nSPS) is 12.0. The topological polar surface area (TPSA) is 61.4 Å². The molecule has 0 aliphatic heterocycles. The molecule has 0 aromatic heterocycles. The molecule has 0 aliphatic rings. The van der Waals surface area contributed by atoms with E-state index in [2.05, 4.69) is 10.6 Å². The Morgan fingerprint density at radius 2 is 1.96 bits per heavy atom. The summed E-state index contributed by atoms with van der Waals surface area (Å²) in [7, 11) is 0. The number of rotatable bonds is 7. The maximum absolute atomic E-state index is 12.0. The lowest BCUT2D eigenvalue weighted by molar-refractivity contribution is 0.0954. The van der Waals surface area contributed by atoms with Crippen LogP contribution in [0.5, 0.6) is 0 Å². The van der Waals surface area contributed by atoms with Gasteiger partial charge in [-0.25, -0.2) is 0 Å². The molecule has 4 nitrogen and oxygen atoms in total. The summed E-state index contributed by atoms with van der Waals surface area (Å²) in [4.78, 5) is 12.0. The Labute approximate surface area is 141 Å². The van der Waals surface area contributed by atoms with E-state index in [1.807, 2.05) is 31.2 Å². The minimum absolute atomic E-state index is 0.0362. The second-order valence-corrected chi connectivity index (χ2v) is 5.72. The number of benzene rings is 2.